The molecule has 1 aromatic rings. The quantitative estimate of drug-likeness (QED) is 0.642. The molecule has 0 aromatic carbocycles. The molecule has 0 saturated carbocycles. The zero-order valence-electron chi connectivity index (χ0n) is 16.4. The number of nitrogens with zero attached hydrogens (tertiary/aromatic N) is 4. The van der Waals surface area contributed by atoms with Crippen LogP contribution in [0, 0.1) is 11.7 Å². The molecule has 3 heterocycles. The number of anilines is 1. The highest BCUT2D eigenvalue weighted by atomic mass is 19.4. The monoisotopic (exact) mass is 437 g/mol. The predicted molar refractivity (Wildman–Crippen MR) is 96.2 cm³/mol. The lowest BCUT2D eigenvalue weighted by atomic mass is 9.99. The molecule has 2 saturated heterocycles. The van der Waals surface area contributed by atoms with E-state index in [0.29, 0.717) is 32.0 Å². The maximum atomic E-state index is 12.9. The van der Waals surface area contributed by atoms with E-state index in [1.807, 2.05) is 23.9 Å². The third kappa shape index (κ3) is 6.76. The molecule has 2 N–H and O–H groups in total. The van der Waals surface area contributed by atoms with Crippen molar-refractivity contribution in [3.8, 4) is 0 Å². The van der Waals surface area contributed by atoms with Gasteiger partial charge in [-0.1, -0.05) is 0 Å². The summed E-state index contributed by atoms with van der Waals surface area (Å²) in [4.78, 5) is 33.3. The first-order chi connectivity index (χ1) is 14.0. The van der Waals surface area contributed by atoms with Gasteiger partial charge in [0.15, 0.2) is 5.82 Å². The van der Waals surface area contributed by atoms with Crippen LogP contribution in [-0.2, 0) is 14.3 Å². The van der Waals surface area contributed by atoms with Crippen molar-refractivity contribution in [1.29, 1.82) is 0 Å². The molecule has 3 rings (SSSR count). The number of halogens is 4. The van der Waals surface area contributed by atoms with Gasteiger partial charge >= 0.3 is 12.1 Å². The van der Waals surface area contributed by atoms with Gasteiger partial charge in [-0.3, -0.25) is 4.79 Å². The number of hydrogen-bond donors (Lipinski definition) is 2. The van der Waals surface area contributed by atoms with Crippen molar-refractivity contribution in [3.05, 3.63) is 18.2 Å². The minimum atomic E-state index is -5.08. The van der Waals surface area contributed by atoms with Crippen LogP contribution in [0.2, 0.25) is 0 Å². The van der Waals surface area contributed by atoms with E-state index in [0.717, 1.165) is 18.9 Å². The van der Waals surface area contributed by atoms with Crippen LogP contribution in [-0.4, -0.2) is 90.5 Å². The van der Waals surface area contributed by atoms with Crippen LogP contribution in [0.3, 0.4) is 0 Å². The average molecular weight is 437 g/mol. The molecule has 13 heteroatoms. The number of hydrogen-bond acceptors (Lipinski definition) is 7. The number of carboxylic acids is 1. The summed E-state index contributed by atoms with van der Waals surface area (Å²) in [6, 6.07) is 0. The minimum Gasteiger partial charge on any atom is -0.475 e. The maximum Gasteiger partial charge on any atom is 0.490 e. The van der Waals surface area contributed by atoms with E-state index in [-0.39, 0.29) is 24.0 Å². The molecule has 1 aromatic heterocycles. The molecule has 9 nitrogen and oxygen atoms in total. The van der Waals surface area contributed by atoms with Crippen molar-refractivity contribution in [2.45, 2.75) is 24.8 Å². The maximum absolute atomic E-state index is 12.9. The number of likely N-dealkylation sites (N-methyl/N-ethyl adjacent to an activating group) is 1. The molecular formula is C17H23F4N5O4. The van der Waals surface area contributed by atoms with Crippen LogP contribution < -0.4 is 10.2 Å². The Bertz CT molecular complexity index is 732. The molecule has 3 atom stereocenters. The Morgan fingerprint density at radius 1 is 1.30 bits per heavy atom. The highest BCUT2D eigenvalue weighted by molar-refractivity contribution is 5.79. The van der Waals surface area contributed by atoms with Crippen molar-refractivity contribution >= 4 is 17.8 Å². The first-order valence-electron chi connectivity index (χ1n) is 9.08. The van der Waals surface area contributed by atoms with Crippen LogP contribution in [0.1, 0.15) is 6.42 Å². The third-order valence-electron chi connectivity index (χ3n) is 4.48. The van der Waals surface area contributed by atoms with Gasteiger partial charge in [0, 0.05) is 26.2 Å². The number of aliphatic carboxylic acids is 1. The van der Waals surface area contributed by atoms with E-state index in [1.165, 1.54) is 0 Å². The lowest BCUT2D eigenvalue weighted by molar-refractivity contribution is -0.192. The molecule has 0 aliphatic carbocycles. The molecule has 2 fully saturated rings. The van der Waals surface area contributed by atoms with Gasteiger partial charge in [0.25, 0.3) is 0 Å². The molecule has 168 valence electrons. The molecule has 1 amide bonds. The Labute approximate surface area is 170 Å². The number of carbonyl (C=O) groups excluding carboxylic acids is 1. The van der Waals surface area contributed by atoms with Crippen molar-refractivity contribution in [3.63, 3.8) is 0 Å². The normalized spacial score (nSPS) is 23.0. The van der Waals surface area contributed by atoms with E-state index >= 15 is 0 Å². The van der Waals surface area contributed by atoms with E-state index in [9.17, 15) is 22.4 Å². The van der Waals surface area contributed by atoms with Gasteiger partial charge < -0.3 is 25.0 Å². The van der Waals surface area contributed by atoms with Crippen LogP contribution in [0.4, 0.5) is 23.5 Å². The Kier molecular flexibility index (Phi) is 7.89. The molecular weight excluding hydrogens is 414 g/mol. The van der Waals surface area contributed by atoms with Gasteiger partial charge in [0.1, 0.15) is 0 Å². The predicted octanol–water partition coefficient (Wildman–Crippen LogP) is 0.520. The molecule has 0 spiro atoms. The summed E-state index contributed by atoms with van der Waals surface area (Å²) in [5.41, 5.74) is 0. The first kappa shape index (κ1) is 23.7. The smallest absolute Gasteiger partial charge is 0.475 e. The number of nitrogens with one attached hydrogen (secondary N) is 1. The Hall–Kier alpha value is -2.54. The van der Waals surface area contributed by atoms with Crippen LogP contribution in [0.5, 0.6) is 0 Å². The van der Waals surface area contributed by atoms with E-state index in [2.05, 4.69) is 15.3 Å². The van der Waals surface area contributed by atoms with Gasteiger partial charge in [-0.25, -0.2) is 19.2 Å². The topological polar surface area (TPSA) is 108 Å². The molecule has 0 radical (unpaired) electrons. The van der Waals surface area contributed by atoms with E-state index < -0.39 is 18.0 Å². The van der Waals surface area contributed by atoms with E-state index in [4.69, 9.17) is 14.6 Å². The second-order valence-corrected chi connectivity index (χ2v) is 7.14. The van der Waals surface area contributed by atoms with E-state index in [1.54, 1.807) is 0 Å². The van der Waals surface area contributed by atoms with Gasteiger partial charge in [0.2, 0.25) is 11.9 Å². The summed E-state index contributed by atoms with van der Waals surface area (Å²) in [6.45, 7) is 2.62. The fourth-order valence-electron chi connectivity index (χ4n) is 3.10. The summed E-state index contributed by atoms with van der Waals surface area (Å²) < 4.78 is 50.6. The third-order valence-corrected chi connectivity index (χ3v) is 4.48. The van der Waals surface area contributed by atoms with Crippen molar-refractivity contribution < 1.29 is 37.0 Å². The van der Waals surface area contributed by atoms with Crippen molar-refractivity contribution in [1.82, 2.24) is 20.2 Å². The highest BCUT2D eigenvalue weighted by Gasteiger charge is 2.45. The Morgan fingerprint density at radius 3 is 2.43 bits per heavy atom. The van der Waals surface area contributed by atoms with Crippen molar-refractivity contribution in [2.75, 3.05) is 45.2 Å². The van der Waals surface area contributed by atoms with Gasteiger partial charge in [-0.05, 0) is 20.5 Å². The number of rotatable bonds is 5. The van der Waals surface area contributed by atoms with Crippen molar-refractivity contribution in [2.24, 2.45) is 5.92 Å². The van der Waals surface area contributed by atoms with Gasteiger partial charge in [-0.2, -0.15) is 13.2 Å². The standard InChI is InChI=1S/C15H22FN5O2.C2HF3O2/c1-20(2)4-3-17-14(22)12-5-11-8-21(9-13(12)23-11)15-18-6-10(16)7-19-15;3-2(4,5)1(6)7/h6-7,11-13H,3-5,8-9H2,1-2H3,(H,17,22);(H,6,7). The minimum absolute atomic E-state index is 0.00741. The molecule has 30 heavy (non-hydrogen) atoms. The summed E-state index contributed by atoms with van der Waals surface area (Å²) in [5, 5.41) is 10.1. The lowest BCUT2D eigenvalue weighted by Crippen LogP contribution is -2.46. The SMILES string of the molecule is CN(C)CCNC(=O)C1CC2CN(c3ncc(F)cn3)CC1O2.O=C(O)C(F)(F)F. The number of fused-ring (bicyclic) bond motifs is 2. The highest BCUT2D eigenvalue weighted by Crippen LogP contribution is 2.33. The number of aromatic nitrogens is 2. The number of carboxylic acid groups (broad SMARTS) is 1. The molecule has 3 unspecified atom stereocenters. The molecule has 2 aliphatic heterocycles. The fraction of sp³-hybridized carbons (Fsp3) is 0.647. The van der Waals surface area contributed by atoms with Crippen LogP contribution >= 0.6 is 0 Å². The molecule has 2 bridgehead atoms. The summed E-state index contributed by atoms with van der Waals surface area (Å²) in [7, 11) is 3.94. The summed E-state index contributed by atoms with van der Waals surface area (Å²) in [6.07, 6.45) is -2.24. The Morgan fingerprint density at radius 2 is 1.90 bits per heavy atom. The lowest BCUT2D eigenvalue weighted by Gasteiger charge is -2.32. The number of alkyl halides is 3. The number of ether oxygens (including phenoxy) is 1. The second-order valence-electron chi connectivity index (χ2n) is 7.14. The molecule has 2 aliphatic rings. The van der Waals surface area contributed by atoms with Crippen LogP contribution in [0.15, 0.2) is 12.4 Å². The van der Waals surface area contributed by atoms with Gasteiger partial charge in [-0.15, -0.1) is 0 Å². The summed E-state index contributed by atoms with van der Waals surface area (Å²) >= 11 is 0. The fourth-order valence-corrected chi connectivity index (χ4v) is 3.10. The van der Waals surface area contributed by atoms with Gasteiger partial charge in [0.05, 0.1) is 30.5 Å². The summed E-state index contributed by atoms with van der Waals surface area (Å²) in [5.74, 6) is -2.83. The largest absolute Gasteiger partial charge is 0.490 e. The second kappa shape index (κ2) is 9.98. The first-order valence-corrected chi connectivity index (χ1v) is 9.08. The number of amides is 1. The number of carbonyl (C=O) groups is 2. The zero-order valence-corrected chi connectivity index (χ0v) is 16.4. The average Bonchev–Trinajstić information content (AvgIpc) is 2.95. The Balaban J connectivity index is 0.000000396. The zero-order chi connectivity index (χ0) is 22.5. The number of morpholine rings is 1. The van der Waals surface area contributed by atoms with Crippen LogP contribution in [0.25, 0.3) is 0 Å².